The van der Waals surface area contributed by atoms with Gasteiger partial charge in [-0.05, 0) is 26.0 Å². The van der Waals surface area contributed by atoms with Crippen LogP contribution in [0, 0.1) is 0 Å². The highest BCUT2D eigenvalue weighted by Crippen LogP contribution is 2.18. The van der Waals surface area contributed by atoms with E-state index in [1.807, 2.05) is 4.89 Å². The normalized spacial score (nSPS) is 13.9. The molecule has 1 atom stereocenters. The zero-order chi connectivity index (χ0) is 13.1. The fourth-order valence-corrected chi connectivity index (χ4v) is 3.00. The van der Waals surface area contributed by atoms with E-state index in [1.165, 1.54) is 24.3 Å². The molecular formula is C9H13NO5S2. The summed E-state index contributed by atoms with van der Waals surface area (Å²) in [5.41, 5.74) is 0. The second-order valence-electron chi connectivity index (χ2n) is 3.45. The number of sulfonamides is 1. The molecule has 17 heavy (non-hydrogen) atoms. The van der Waals surface area contributed by atoms with Gasteiger partial charge in [-0.25, -0.2) is 12.6 Å². The summed E-state index contributed by atoms with van der Waals surface area (Å²) in [6.45, 7) is 3.30. The van der Waals surface area contributed by atoms with Crippen molar-refractivity contribution < 1.29 is 22.0 Å². The Balaban J connectivity index is 3.11. The molecule has 0 amide bonds. The average Bonchev–Trinajstić information content (AvgIpc) is 2.26. The van der Waals surface area contributed by atoms with Crippen LogP contribution < -0.4 is 4.89 Å². The van der Waals surface area contributed by atoms with Crippen molar-refractivity contribution in [1.29, 1.82) is 0 Å². The standard InChI is InChI=1S/C9H13NO5S2/c1-7(2)15-10-17(13,14)9-6-4-3-5-8(9)16(11)12/h3-7,10H,1-2H3,(H,11,12). The van der Waals surface area contributed by atoms with E-state index in [4.69, 9.17) is 9.39 Å². The summed E-state index contributed by atoms with van der Waals surface area (Å²) < 4.78 is 43.5. The molecule has 0 aliphatic carbocycles. The lowest BCUT2D eigenvalue weighted by Crippen LogP contribution is -2.28. The van der Waals surface area contributed by atoms with E-state index in [0.29, 0.717) is 0 Å². The molecule has 0 spiro atoms. The summed E-state index contributed by atoms with van der Waals surface area (Å²) in [5, 5.41) is 0. The zero-order valence-corrected chi connectivity index (χ0v) is 10.9. The smallest absolute Gasteiger partial charge is 0.263 e. The molecule has 0 saturated carbocycles. The number of rotatable bonds is 5. The predicted molar refractivity (Wildman–Crippen MR) is 62.0 cm³/mol. The van der Waals surface area contributed by atoms with E-state index >= 15 is 0 Å². The van der Waals surface area contributed by atoms with Gasteiger partial charge in [0.2, 0.25) is 0 Å². The third-order valence-electron chi connectivity index (χ3n) is 1.72. The van der Waals surface area contributed by atoms with Crippen molar-refractivity contribution in [3.8, 4) is 0 Å². The Kier molecular flexibility index (Phi) is 4.78. The van der Waals surface area contributed by atoms with Gasteiger partial charge in [-0.3, -0.25) is 4.84 Å². The molecule has 0 fully saturated rings. The van der Waals surface area contributed by atoms with Crippen molar-refractivity contribution in [1.82, 2.24) is 4.89 Å². The van der Waals surface area contributed by atoms with Gasteiger partial charge < -0.3 is 4.55 Å². The monoisotopic (exact) mass is 279 g/mol. The van der Waals surface area contributed by atoms with Gasteiger partial charge in [0.05, 0.1) is 11.0 Å². The molecule has 1 aromatic rings. The summed E-state index contributed by atoms with van der Waals surface area (Å²) in [5.74, 6) is 0. The van der Waals surface area contributed by atoms with Crippen molar-refractivity contribution >= 4 is 21.1 Å². The first-order valence-electron chi connectivity index (χ1n) is 4.72. The fourth-order valence-electron chi connectivity index (χ4n) is 1.02. The fraction of sp³-hybridized carbons (Fsp3) is 0.333. The summed E-state index contributed by atoms with van der Waals surface area (Å²) in [6, 6.07) is 5.43. The maximum atomic E-state index is 11.8. The summed E-state index contributed by atoms with van der Waals surface area (Å²) in [7, 11) is -3.96. The Morgan fingerprint density at radius 3 is 2.47 bits per heavy atom. The Bertz CT molecular complexity index is 512. The van der Waals surface area contributed by atoms with Gasteiger partial charge in [-0.1, -0.05) is 17.0 Å². The molecule has 1 aromatic carbocycles. The van der Waals surface area contributed by atoms with E-state index < -0.39 is 21.1 Å². The van der Waals surface area contributed by atoms with Crippen LogP contribution in [0.5, 0.6) is 0 Å². The Morgan fingerprint density at radius 1 is 1.35 bits per heavy atom. The summed E-state index contributed by atoms with van der Waals surface area (Å²) >= 11 is -2.38. The zero-order valence-electron chi connectivity index (χ0n) is 9.28. The van der Waals surface area contributed by atoms with Crippen molar-refractivity contribution in [2.45, 2.75) is 29.7 Å². The van der Waals surface area contributed by atoms with Crippen molar-refractivity contribution in [3.63, 3.8) is 0 Å². The molecule has 0 saturated heterocycles. The largest absolute Gasteiger partial charge is 0.302 e. The van der Waals surface area contributed by atoms with Crippen LogP contribution in [0.3, 0.4) is 0 Å². The molecule has 0 aromatic heterocycles. The van der Waals surface area contributed by atoms with Gasteiger partial charge >= 0.3 is 0 Å². The number of hydrogen-bond acceptors (Lipinski definition) is 4. The molecule has 0 bridgehead atoms. The van der Waals surface area contributed by atoms with E-state index in [9.17, 15) is 12.6 Å². The maximum Gasteiger partial charge on any atom is 0.263 e. The lowest BCUT2D eigenvalue weighted by atomic mass is 10.4. The topological polar surface area (TPSA) is 92.7 Å². The minimum absolute atomic E-state index is 0.188. The highest BCUT2D eigenvalue weighted by Gasteiger charge is 2.21. The first-order chi connectivity index (χ1) is 7.84. The lowest BCUT2D eigenvalue weighted by Gasteiger charge is -2.11. The molecule has 6 nitrogen and oxygen atoms in total. The second-order valence-corrected chi connectivity index (χ2v) is 6.00. The van der Waals surface area contributed by atoms with E-state index in [1.54, 1.807) is 13.8 Å². The Hall–Kier alpha value is -0.800. The van der Waals surface area contributed by atoms with E-state index in [-0.39, 0.29) is 15.9 Å². The molecule has 1 rings (SSSR count). The van der Waals surface area contributed by atoms with Gasteiger partial charge in [0.25, 0.3) is 10.0 Å². The quantitative estimate of drug-likeness (QED) is 0.616. The molecule has 0 aliphatic heterocycles. The van der Waals surface area contributed by atoms with Crippen molar-refractivity contribution in [3.05, 3.63) is 24.3 Å². The van der Waals surface area contributed by atoms with Crippen LogP contribution in [0.2, 0.25) is 0 Å². The molecule has 1 unspecified atom stereocenters. The Morgan fingerprint density at radius 2 is 1.94 bits per heavy atom. The van der Waals surface area contributed by atoms with Gasteiger partial charge in [0.1, 0.15) is 4.90 Å². The van der Waals surface area contributed by atoms with Crippen LogP contribution in [0.15, 0.2) is 34.1 Å². The van der Waals surface area contributed by atoms with Crippen molar-refractivity contribution in [2.75, 3.05) is 0 Å². The lowest BCUT2D eigenvalue weighted by molar-refractivity contribution is 0.0408. The van der Waals surface area contributed by atoms with E-state index in [0.717, 1.165) is 0 Å². The summed E-state index contributed by atoms with van der Waals surface area (Å²) in [4.78, 5) is 6.21. The second kappa shape index (κ2) is 5.69. The summed E-state index contributed by atoms with van der Waals surface area (Å²) in [6.07, 6.45) is -0.337. The molecule has 8 heteroatoms. The van der Waals surface area contributed by atoms with Crippen molar-refractivity contribution in [2.24, 2.45) is 0 Å². The molecule has 0 heterocycles. The number of benzene rings is 1. The number of nitrogens with one attached hydrogen (secondary N) is 1. The van der Waals surface area contributed by atoms with Gasteiger partial charge in [0.15, 0.2) is 11.1 Å². The van der Waals surface area contributed by atoms with Crippen LogP contribution in [0.25, 0.3) is 0 Å². The third kappa shape index (κ3) is 3.86. The van der Waals surface area contributed by atoms with E-state index in [2.05, 4.69) is 0 Å². The maximum absolute atomic E-state index is 11.8. The molecule has 0 aliphatic rings. The van der Waals surface area contributed by atoms with Gasteiger partial charge in [0, 0.05) is 0 Å². The van der Waals surface area contributed by atoms with Crippen LogP contribution in [0.4, 0.5) is 0 Å². The van der Waals surface area contributed by atoms with Crippen LogP contribution in [-0.2, 0) is 25.9 Å². The highest BCUT2D eigenvalue weighted by atomic mass is 32.2. The molecule has 96 valence electrons. The van der Waals surface area contributed by atoms with Crippen LogP contribution in [0.1, 0.15) is 13.8 Å². The third-order valence-corrected chi connectivity index (χ3v) is 3.83. The highest BCUT2D eigenvalue weighted by molar-refractivity contribution is 7.90. The predicted octanol–water partition coefficient (Wildman–Crippen LogP) is 0.886. The Labute approximate surface area is 102 Å². The van der Waals surface area contributed by atoms with Gasteiger partial charge in [-0.2, -0.15) is 0 Å². The molecular weight excluding hydrogens is 266 g/mol. The van der Waals surface area contributed by atoms with Gasteiger partial charge in [-0.15, -0.1) is 0 Å². The number of hydrogen-bond donors (Lipinski definition) is 2. The first-order valence-corrected chi connectivity index (χ1v) is 7.31. The van der Waals surface area contributed by atoms with Crippen LogP contribution in [-0.4, -0.2) is 23.3 Å². The molecule has 2 N–H and O–H groups in total. The SMILES string of the molecule is CC(C)ONS(=O)(=O)c1ccccc1S(=O)O. The first kappa shape index (κ1) is 14.3. The molecule has 0 radical (unpaired) electrons. The minimum atomic E-state index is -3.96. The minimum Gasteiger partial charge on any atom is -0.302 e. The average molecular weight is 279 g/mol. The van der Waals surface area contributed by atoms with Crippen LogP contribution >= 0.6 is 0 Å².